The van der Waals surface area contributed by atoms with Crippen LogP contribution in [0, 0.1) is 0 Å². The molecule has 0 radical (unpaired) electrons. The van der Waals surface area contributed by atoms with E-state index >= 15 is 0 Å². The van der Waals surface area contributed by atoms with Gasteiger partial charge in [0, 0.05) is 43.4 Å². The summed E-state index contributed by atoms with van der Waals surface area (Å²) in [5.74, 6) is 1.63. The van der Waals surface area contributed by atoms with Gasteiger partial charge in [-0.05, 0) is 48.6 Å². The van der Waals surface area contributed by atoms with Gasteiger partial charge in [-0.15, -0.1) is 0 Å². The molecule has 0 bridgehead atoms. The molecule has 2 aromatic carbocycles. The third-order valence-corrected chi connectivity index (χ3v) is 5.83. The number of nitrogens with one attached hydrogen (secondary N) is 1. The normalized spacial score (nSPS) is 18.2. The Balaban J connectivity index is 1.39. The van der Waals surface area contributed by atoms with E-state index in [9.17, 15) is 0 Å². The Kier molecular flexibility index (Phi) is 4.98. The second-order valence-corrected chi connectivity index (χ2v) is 7.91. The number of rotatable bonds is 4. The molecular weight excluding hydrogens is 362 g/mol. The third kappa shape index (κ3) is 3.75. The number of hydrogen-bond acceptors (Lipinski definition) is 4. The fourth-order valence-corrected chi connectivity index (χ4v) is 4.42. The molecule has 1 N–H and O–H groups in total. The summed E-state index contributed by atoms with van der Waals surface area (Å²) in [5.41, 5.74) is 6.19. The fourth-order valence-electron chi connectivity index (χ4n) is 4.42. The molecule has 5 heteroatoms. The Labute approximate surface area is 171 Å². The maximum Gasteiger partial charge on any atom is 0.161 e. The maximum absolute atomic E-state index is 5.88. The van der Waals surface area contributed by atoms with E-state index in [0.717, 1.165) is 35.7 Å². The first kappa shape index (κ1) is 18.3. The molecule has 0 spiro atoms. The second-order valence-electron chi connectivity index (χ2n) is 7.91. The first-order valence-corrected chi connectivity index (χ1v) is 10.5. The van der Waals surface area contributed by atoms with Crippen LogP contribution in [0.4, 0.5) is 0 Å². The zero-order valence-electron chi connectivity index (χ0n) is 16.9. The molecule has 1 atom stereocenters. The Hall–Kier alpha value is -2.79. The minimum absolute atomic E-state index is 0.400. The molecular formula is C24H27N3O2. The largest absolute Gasteiger partial charge is 0.490 e. The average molecular weight is 389 g/mol. The SMILES string of the molecule is Cn1cc(CNC2CCCc3ccccc32)c(-c2ccc3c(c2)OCCCO3)n1. The second kappa shape index (κ2) is 7.91. The van der Waals surface area contributed by atoms with Crippen LogP contribution in [-0.2, 0) is 20.0 Å². The van der Waals surface area contributed by atoms with E-state index in [1.807, 2.05) is 17.8 Å². The molecule has 150 valence electrons. The molecule has 29 heavy (non-hydrogen) atoms. The molecule has 3 aromatic rings. The lowest BCUT2D eigenvalue weighted by molar-refractivity contribution is 0.297. The number of aryl methyl sites for hydroxylation is 2. The minimum Gasteiger partial charge on any atom is -0.490 e. The Bertz CT molecular complexity index is 1010. The number of ether oxygens (including phenoxy) is 2. The van der Waals surface area contributed by atoms with Crippen molar-refractivity contribution in [3.8, 4) is 22.8 Å². The highest BCUT2D eigenvalue weighted by molar-refractivity contribution is 5.66. The van der Waals surface area contributed by atoms with Gasteiger partial charge in [-0.3, -0.25) is 4.68 Å². The Morgan fingerprint density at radius 3 is 2.86 bits per heavy atom. The van der Waals surface area contributed by atoms with Crippen molar-refractivity contribution in [2.75, 3.05) is 13.2 Å². The van der Waals surface area contributed by atoms with Crippen LogP contribution in [0.15, 0.2) is 48.7 Å². The highest BCUT2D eigenvalue weighted by Crippen LogP contribution is 2.35. The lowest BCUT2D eigenvalue weighted by Gasteiger charge is -2.26. The van der Waals surface area contributed by atoms with Gasteiger partial charge in [0.15, 0.2) is 11.5 Å². The van der Waals surface area contributed by atoms with Gasteiger partial charge in [0.1, 0.15) is 0 Å². The summed E-state index contributed by atoms with van der Waals surface area (Å²) in [6, 6.07) is 15.3. The van der Waals surface area contributed by atoms with Gasteiger partial charge in [-0.1, -0.05) is 24.3 Å². The highest BCUT2D eigenvalue weighted by atomic mass is 16.5. The first-order chi connectivity index (χ1) is 14.3. The maximum atomic E-state index is 5.88. The van der Waals surface area contributed by atoms with E-state index in [4.69, 9.17) is 14.6 Å². The lowest BCUT2D eigenvalue weighted by Crippen LogP contribution is -2.24. The molecule has 5 rings (SSSR count). The Morgan fingerprint density at radius 2 is 1.93 bits per heavy atom. The predicted molar refractivity (Wildman–Crippen MR) is 113 cm³/mol. The number of benzene rings is 2. The third-order valence-electron chi connectivity index (χ3n) is 5.83. The van der Waals surface area contributed by atoms with E-state index in [1.54, 1.807) is 0 Å². The van der Waals surface area contributed by atoms with Crippen molar-refractivity contribution in [1.82, 2.24) is 15.1 Å². The van der Waals surface area contributed by atoms with Crippen LogP contribution in [0.25, 0.3) is 11.3 Å². The van der Waals surface area contributed by atoms with Crippen LogP contribution in [0.1, 0.15) is 42.0 Å². The molecule has 0 saturated carbocycles. The van der Waals surface area contributed by atoms with Crippen LogP contribution in [0.5, 0.6) is 11.5 Å². The van der Waals surface area contributed by atoms with Crippen LogP contribution in [0.3, 0.4) is 0 Å². The molecule has 5 nitrogen and oxygen atoms in total. The summed E-state index contributed by atoms with van der Waals surface area (Å²) < 4.78 is 13.5. The smallest absolute Gasteiger partial charge is 0.161 e. The number of nitrogens with zero attached hydrogens (tertiary/aromatic N) is 2. The standard InChI is InChI=1S/C24H27N3O2/c1-27-16-19(15-25-21-9-4-7-17-6-2-3-8-20(17)21)24(26-27)18-10-11-22-23(14-18)29-13-5-12-28-22/h2-3,6,8,10-11,14,16,21,25H,4-5,7,9,12-13,15H2,1H3. The van der Waals surface area contributed by atoms with Gasteiger partial charge in [0.2, 0.25) is 0 Å². The summed E-state index contributed by atoms with van der Waals surface area (Å²) in [6.07, 6.45) is 6.61. The molecule has 0 fully saturated rings. The van der Waals surface area contributed by atoms with Crippen molar-refractivity contribution in [1.29, 1.82) is 0 Å². The highest BCUT2D eigenvalue weighted by Gasteiger charge is 2.21. The van der Waals surface area contributed by atoms with Crippen LogP contribution in [-0.4, -0.2) is 23.0 Å². The zero-order chi connectivity index (χ0) is 19.6. The molecule has 2 heterocycles. The van der Waals surface area contributed by atoms with Gasteiger partial charge in [-0.2, -0.15) is 5.10 Å². The summed E-state index contributed by atoms with van der Waals surface area (Å²) in [4.78, 5) is 0. The lowest BCUT2D eigenvalue weighted by atomic mass is 9.87. The van der Waals surface area contributed by atoms with Crippen molar-refractivity contribution in [3.63, 3.8) is 0 Å². The zero-order valence-corrected chi connectivity index (χ0v) is 16.9. The first-order valence-electron chi connectivity index (χ1n) is 10.5. The van der Waals surface area contributed by atoms with Crippen molar-refractivity contribution in [2.45, 2.75) is 38.3 Å². The molecule has 1 aliphatic carbocycles. The van der Waals surface area contributed by atoms with Gasteiger partial charge in [0.25, 0.3) is 0 Å². The van der Waals surface area contributed by atoms with E-state index in [1.165, 1.54) is 36.0 Å². The molecule has 0 saturated heterocycles. The van der Waals surface area contributed by atoms with Crippen LogP contribution < -0.4 is 14.8 Å². The van der Waals surface area contributed by atoms with Crippen molar-refractivity contribution < 1.29 is 9.47 Å². The van der Waals surface area contributed by atoms with Gasteiger partial charge >= 0.3 is 0 Å². The summed E-state index contributed by atoms with van der Waals surface area (Å²) in [5, 5.41) is 8.52. The number of hydrogen-bond donors (Lipinski definition) is 1. The fraction of sp³-hybridized carbons (Fsp3) is 0.375. The van der Waals surface area contributed by atoms with Crippen molar-refractivity contribution >= 4 is 0 Å². The number of aromatic nitrogens is 2. The quantitative estimate of drug-likeness (QED) is 0.718. The minimum atomic E-state index is 0.400. The van der Waals surface area contributed by atoms with Gasteiger partial charge in [-0.25, -0.2) is 0 Å². The topological polar surface area (TPSA) is 48.3 Å². The molecule has 1 aromatic heterocycles. The van der Waals surface area contributed by atoms with Crippen molar-refractivity contribution in [3.05, 3.63) is 65.4 Å². The van der Waals surface area contributed by atoms with Gasteiger partial charge < -0.3 is 14.8 Å². The van der Waals surface area contributed by atoms with Crippen LogP contribution >= 0.6 is 0 Å². The van der Waals surface area contributed by atoms with E-state index < -0.39 is 0 Å². The monoisotopic (exact) mass is 389 g/mol. The predicted octanol–water partition coefficient (Wildman–Crippen LogP) is 4.42. The van der Waals surface area contributed by atoms with E-state index in [-0.39, 0.29) is 0 Å². The Morgan fingerprint density at radius 1 is 1.07 bits per heavy atom. The molecule has 1 unspecified atom stereocenters. The average Bonchev–Trinajstić information content (AvgIpc) is 2.97. The summed E-state index contributed by atoms with van der Waals surface area (Å²) in [6.45, 7) is 2.18. The van der Waals surface area contributed by atoms with E-state index in [0.29, 0.717) is 19.3 Å². The molecule has 2 aliphatic rings. The molecule has 0 amide bonds. The summed E-state index contributed by atoms with van der Waals surface area (Å²) >= 11 is 0. The molecule has 1 aliphatic heterocycles. The van der Waals surface area contributed by atoms with Crippen LogP contribution in [0.2, 0.25) is 0 Å². The number of fused-ring (bicyclic) bond motifs is 2. The van der Waals surface area contributed by atoms with E-state index in [2.05, 4.69) is 47.9 Å². The van der Waals surface area contributed by atoms with Crippen molar-refractivity contribution in [2.24, 2.45) is 7.05 Å². The van der Waals surface area contributed by atoms with Gasteiger partial charge in [0.05, 0.1) is 18.9 Å². The summed E-state index contributed by atoms with van der Waals surface area (Å²) in [7, 11) is 1.98.